The van der Waals surface area contributed by atoms with E-state index < -0.39 is 23.9 Å². The Morgan fingerprint density at radius 1 is 0.619 bits per heavy atom. The molecule has 0 atom stereocenters. The fraction of sp³-hybridized carbons (Fsp3) is 0.600. The zero-order valence-electron chi connectivity index (χ0n) is 12.2. The fourth-order valence-electron chi connectivity index (χ4n) is 0. The Morgan fingerprint density at radius 3 is 0.667 bits per heavy atom. The number of rotatable bonds is 1. The van der Waals surface area contributed by atoms with Gasteiger partial charge in [0.05, 0.1) is 0 Å². The van der Waals surface area contributed by atoms with Crippen LogP contribution in [0.3, 0.4) is 0 Å². The Morgan fingerprint density at radius 2 is 0.667 bits per heavy atom. The molecule has 0 fully saturated rings. The molecule has 0 aliphatic rings. The van der Waals surface area contributed by atoms with Crippen molar-refractivity contribution in [2.45, 2.75) is 27.7 Å². The molecule has 0 aromatic heterocycles. The van der Waals surface area contributed by atoms with Gasteiger partial charge in [0, 0.05) is 54.0 Å². The molecular formula is C10H20MnN2O8-4. The molecule has 0 heterocycles. The zero-order valence-corrected chi connectivity index (χ0v) is 13.4. The van der Waals surface area contributed by atoms with Crippen molar-refractivity contribution in [1.82, 2.24) is 0 Å². The van der Waals surface area contributed by atoms with E-state index in [2.05, 4.69) is 0 Å². The second kappa shape index (κ2) is 36.2. The SMILES string of the molecule is CC(=O)[O-].CC(=O)[O-].CC(=O)[O-].CC(=O)[O-].NCCN.[Mn]. The molecule has 0 aliphatic heterocycles. The van der Waals surface area contributed by atoms with E-state index in [1.807, 2.05) is 0 Å². The van der Waals surface area contributed by atoms with Crippen molar-refractivity contribution < 1.29 is 56.7 Å². The third-order valence-corrected chi connectivity index (χ3v) is 0.167. The molecule has 0 aromatic carbocycles. The summed E-state index contributed by atoms with van der Waals surface area (Å²) in [5.41, 5.74) is 9.81. The molecule has 10 nitrogen and oxygen atoms in total. The van der Waals surface area contributed by atoms with E-state index >= 15 is 0 Å². The molecule has 0 saturated carbocycles. The first kappa shape index (κ1) is 36.5. The van der Waals surface area contributed by atoms with Crippen LogP contribution in [0.25, 0.3) is 0 Å². The van der Waals surface area contributed by atoms with Crippen LogP contribution in [0.1, 0.15) is 27.7 Å². The fourth-order valence-corrected chi connectivity index (χ4v) is 0. The van der Waals surface area contributed by atoms with E-state index in [0.29, 0.717) is 13.1 Å². The van der Waals surface area contributed by atoms with E-state index in [-0.39, 0.29) is 17.1 Å². The minimum Gasteiger partial charge on any atom is -0.550 e. The number of aliphatic carboxylic acids is 4. The average molecular weight is 351 g/mol. The summed E-state index contributed by atoms with van der Waals surface area (Å²) in [5.74, 6) is -4.33. The van der Waals surface area contributed by atoms with Crippen LogP contribution in [-0.4, -0.2) is 37.0 Å². The second-order valence-corrected chi connectivity index (χ2v) is 2.54. The molecule has 4 N–H and O–H groups in total. The van der Waals surface area contributed by atoms with Crippen LogP contribution in [0.15, 0.2) is 0 Å². The minimum atomic E-state index is -1.08. The molecule has 0 unspecified atom stereocenters. The van der Waals surface area contributed by atoms with Crippen LogP contribution >= 0.6 is 0 Å². The number of hydrogen-bond acceptors (Lipinski definition) is 10. The predicted octanol–water partition coefficient (Wildman–Crippen LogP) is -6.07. The number of carboxylic acids is 4. The van der Waals surface area contributed by atoms with Gasteiger partial charge >= 0.3 is 0 Å². The molecule has 0 aliphatic carbocycles. The molecule has 0 bridgehead atoms. The van der Waals surface area contributed by atoms with Crippen LogP contribution in [0.5, 0.6) is 0 Å². The smallest absolute Gasteiger partial charge is 0.0383 e. The van der Waals surface area contributed by atoms with Crippen molar-refractivity contribution in [2.24, 2.45) is 11.5 Å². The van der Waals surface area contributed by atoms with Gasteiger partial charge in [-0.2, -0.15) is 0 Å². The summed E-state index contributed by atoms with van der Waals surface area (Å²) in [6.45, 7) is 5.08. The molecule has 0 saturated heterocycles. The average Bonchev–Trinajstić information content (AvgIpc) is 2.13. The molecule has 11 heteroatoms. The summed E-state index contributed by atoms with van der Waals surface area (Å²) < 4.78 is 0. The number of carbonyl (C=O) groups excluding carboxylic acids is 4. The van der Waals surface area contributed by atoms with E-state index in [1.54, 1.807) is 0 Å². The third-order valence-electron chi connectivity index (χ3n) is 0.167. The van der Waals surface area contributed by atoms with Crippen molar-refractivity contribution >= 4 is 23.9 Å². The van der Waals surface area contributed by atoms with Crippen LogP contribution in [0.4, 0.5) is 0 Å². The van der Waals surface area contributed by atoms with Crippen LogP contribution < -0.4 is 31.9 Å². The molecule has 1 radical (unpaired) electrons. The maximum Gasteiger partial charge on any atom is 0.0383 e. The Bertz CT molecular complexity index is 195. The summed E-state index contributed by atoms with van der Waals surface area (Å²) in [6.07, 6.45) is 0. The van der Waals surface area contributed by atoms with Crippen molar-refractivity contribution in [3.8, 4) is 0 Å². The predicted molar refractivity (Wildman–Crippen MR) is 60.8 cm³/mol. The summed E-state index contributed by atoms with van der Waals surface area (Å²) in [5, 5.41) is 35.6. The third kappa shape index (κ3) is 10500. The molecule has 0 aromatic rings. The summed E-state index contributed by atoms with van der Waals surface area (Å²) in [6, 6.07) is 0. The van der Waals surface area contributed by atoms with Gasteiger partial charge in [0.1, 0.15) is 0 Å². The van der Waals surface area contributed by atoms with Gasteiger partial charge in [-0.3, -0.25) is 0 Å². The van der Waals surface area contributed by atoms with Crippen LogP contribution in [-0.2, 0) is 36.2 Å². The van der Waals surface area contributed by atoms with Gasteiger partial charge in [-0.15, -0.1) is 0 Å². The Kier molecular flexibility index (Phi) is 63.0. The molecule has 0 rings (SSSR count). The maximum absolute atomic E-state index is 8.89. The topological polar surface area (TPSA) is 213 Å². The van der Waals surface area contributed by atoms with Gasteiger partial charge in [0.25, 0.3) is 0 Å². The van der Waals surface area contributed by atoms with Gasteiger partial charge < -0.3 is 51.1 Å². The first-order valence-electron chi connectivity index (χ1n) is 4.95. The van der Waals surface area contributed by atoms with Gasteiger partial charge in [0.15, 0.2) is 0 Å². The largest absolute Gasteiger partial charge is 0.550 e. The first-order chi connectivity index (χ1) is 8.84. The van der Waals surface area contributed by atoms with Crippen LogP contribution in [0.2, 0.25) is 0 Å². The summed E-state index contributed by atoms with van der Waals surface area (Å²) in [4.78, 5) is 35.6. The number of hydrogen-bond donors (Lipinski definition) is 2. The van der Waals surface area contributed by atoms with E-state index in [0.717, 1.165) is 27.7 Å². The minimum absolute atomic E-state index is 0. The van der Waals surface area contributed by atoms with Gasteiger partial charge in [-0.1, -0.05) is 0 Å². The number of carbonyl (C=O) groups is 4. The molecule has 129 valence electrons. The number of carboxylic acid groups (broad SMARTS) is 4. The maximum atomic E-state index is 8.89. The first-order valence-corrected chi connectivity index (χ1v) is 4.95. The standard InChI is InChI=1S/C2H8N2.4C2H4O2.Mn/c3-1-2-4;4*1-2(3)4;/h1-4H2;4*1H3,(H,3,4);/p-4. The van der Waals surface area contributed by atoms with E-state index in [9.17, 15) is 0 Å². The van der Waals surface area contributed by atoms with Gasteiger partial charge in [-0.05, 0) is 27.7 Å². The van der Waals surface area contributed by atoms with Crippen molar-refractivity contribution in [1.29, 1.82) is 0 Å². The molecule has 0 spiro atoms. The van der Waals surface area contributed by atoms with Crippen molar-refractivity contribution in [3.63, 3.8) is 0 Å². The summed E-state index contributed by atoms with van der Waals surface area (Å²) >= 11 is 0. The van der Waals surface area contributed by atoms with Gasteiger partial charge in [0.2, 0.25) is 0 Å². The Labute approximate surface area is 133 Å². The Balaban J connectivity index is -0.0000000331. The normalized spacial score (nSPS) is 6.19. The number of nitrogens with two attached hydrogens (primary N) is 2. The van der Waals surface area contributed by atoms with Gasteiger partial charge in [-0.25, -0.2) is 0 Å². The Hall–Kier alpha value is -1.68. The van der Waals surface area contributed by atoms with E-state index in [4.69, 9.17) is 51.1 Å². The van der Waals surface area contributed by atoms with Crippen LogP contribution in [0, 0.1) is 0 Å². The molecule has 0 amide bonds. The second-order valence-electron chi connectivity index (χ2n) is 2.54. The zero-order chi connectivity index (χ0) is 17.7. The monoisotopic (exact) mass is 351 g/mol. The molecular weight excluding hydrogens is 331 g/mol. The summed E-state index contributed by atoms with van der Waals surface area (Å²) in [7, 11) is 0. The quantitative estimate of drug-likeness (QED) is 0.426. The van der Waals surface area contributed by atoms with Crippen molar-refractivity contribution in [2.75, 3.05) is 13.1 Å². The molecule has 21 heavy (non-hydrogen) atoms. The van der Waals surface area contributed by atoms with Crippen molar-refractivity contribution in [3.05, 3.63) is 0 Å². The van der Waals surface area contributed by atoms with E-state index in [1.165, 1.54) is 0 Å².